The number of Topliss-reactive ketones (excluding diaryl/α,β-unsaturated/α-hetero) is 1. The first kappa shape index (κ1) is 12.9. The van der Waals surface area contributed by atoms with Crippen LogP contribution in [0.4, 0.5) is 0 Å². The van der Waals surface area contributed by atoms with Crippen molar-refractivity contribution in [2.45, 2.75) is 46.0 Å². The van der Waals surface area contributed by atoms with Gasteiger partial charge < -0.3 is 0 Å². The van der Waals surface area contributed by atoms with E-state index in [9.17, 15) is 4.79 Å². The van der Waals surface area contributed by atoms with Gasteiger partial charge in [0.15, 0.2) is 5.78 Å². The number of hydrogen-bond donors (Lipinski definition) is 0. The lowest BCUT2D eigenvalue weighted by Gasteiger charge is -2.06. The van der Waals surface area contributed by atoms with Gasteiger partial charge in [-0.3, -0.25) is 4.79 Å². The molecule has 1 nitrogen and oxygen atoms in total. The molecule has 0 aliphatic heterocycles. The van der Waals surface area contributed by atoms with E-state index in [1.165, 1.54) is 5.56 Å². The van der Waals surface area contributed by atoms with Gasteiger partial charge in [-0.2, -0.15) is 0 Å². The van der Waals surface area contributed by atoms with Crippen molar-refractivity contribution in [3.05, 3.63) is 35.4 Å². The van der Waals surface area contributed by atoms with Crippen LogP contribution in [0.2, 0.25) is 0 Å². The highest BCUT2D eigenvalue weighted by Crippen LogP contribution is 2.47. The molecule has 1 fully saturated rings. The van der Waals surface area contributed by atoms with Gasteiger partial charge in [0.05, 0.1) is 5.41 Å². The SMILES string of the molecule is CCCCC#CC1(C(=O)c2ccc(C)cc2)CC1. The first-order valence-electron chi connectivity index (χ1n) is 6.79. The summed E-state index contributed by atoms with van der Waals surface area (Å²) in [6, 6.07) is 7.83. The summed E-state index contributed by atoms with van der Waals surface area (Å²) >= 11 is 0. The number of carbonyl (C=O) groups is 1. The Morgan fingerprint density at radius 1 is 1.28 bits per heavy atom. The molecule has 1 heteroatoms. The quantitative estimate of drug-likeness (QED) is 0.439. The first-order valence-corrected chi connectivity index (χ1v) is 6.79. The fourth-order valence-electron chi connectivity index (χ4n) is 2.01. The molecule has 0 N–H and O–H groups in total. The third-order valence-corrected chi connectivity index (χ3v) is 3.48. The Bertz CT molecular complexity index is 481. The van der Waals surface area contributed by atoms with Crippen molar-refractivity contribution in [2.24, 2.45) is 5.41 Å². The second-order valence-corrected chi connectivity index (χ2v) is 5.18. The fraction of sp³-hybridized carbons (Fsp3) is 0.471. The molecule has 1 aromatic carbocycles. The Morgan fingerprint density at radius 3 is 2.50 bits per heavy atom. The second kappa shape index (κ2) is 5.40. The predicted octanol–water partition coefficient (Wildman–Crippen LogP) is 4.15. The molecule has 0 radical (unpaired) electrons. The molecule has 0 unspecified atom stereocenters. The third kappa shape index (κ3) is 2.82. The maximum absolute atomic E-state index is 12.4. The van der Waals surface area contributed by atoms with Gasteiger partial charge in [0.2, 0.25) is 0 Å². The summed E-state index contributed by atoms with van der Waals surface area (Å²) in [7, 11) is 0. The van der Waals surface area contributed by atoms with E-state index < -0.39 is 0 Å². The first-order chi connectivity index (χ1) is 8.68. The van der Waals surface area contributed by atoms with Gasteiger partial charge in [-0.05, 0) is 26.2 Å². The van der Waals surface area contributed by atoms with Crippen LogP contribution in [0.3, 0.4) is 0 Å². The van der Waals surface area contributed by atoms with Crippen molar-refractivity contribution in [2.75, 3.05) is 0 Å². The molecule has 94 valence electrons. The van der Waals surface area contributed by atoms with E-state index in [-0.39, 0.29) is 11.2 Å². The summed E-state index contributed by atoms with van der Waals surface area (Å²) in [5.74, 6) is 6.61. The average Bonchev–Trinajstić information content (AvgIpc) is 3.16. The van der Waals surface area contributed by atoms with E-state index in [0.717, 1.165) is 37.7 Å². The van der Waals surface area contributed by atoms with Crippen LogP contribution in [0.1, 0.15) is 54.9 Å². The Labute approximate surface area is 110 Å². The van der Waals surface area contributed by atoms with E-state index in [0.29, 0.717) is 0 Å². The minimum absolute atomic E-state index is 0.214. The van der Waals surface area contributed by atoms with E-state index in [4.69, 9.17) is 0 Å². The zero-order valence-corrected chi connectivity index (χ0v) is 11.3. The van der Waals surface area contributed by atoms with E-state index >= 15 is 0 Å². The second-order valence-electron chi connectivity index (χ2n) is 5.18. The summed E-state index contributed by atoms with van der Waals surface area (Å²) < 4.78 is 0. The highest BCUT2D eigenvalue weighted by atomic mass is 16.1. The lowest BCUT2D eigenvalue weighted by molar-refractivity contribution is 0.0935. The van der Waals surface area contributed by atoms with Crippen LogP contribution in [-0.2, 0) is 0 Å². The molecule has 18 heavy (non-hydrogen) atoms. The van der Waals surface area contributed by atoms with Crippen LogP contribution in [0.25, 0.3) is 0 Å². The van der Waals surface area contributed by atoms with Gasteiger partial charge in [0, 0.05) is 12.0 Å². The normalized spacial score (nSPS) is 15.7. The number of aryl methyl sites for hydroxylation is 1. The smallest absolute Gasteiger partial charge is 0.180 e. The van der Waals surface area contributed by atoms with Gasteiger partial charge in [-0.15, -0.1) is 5.92 Å². The average molecular weight is 240 g/mol. The number of benzene rings is 1. The predicted molar refractivity (Wildman–Crippen MR) is 74.5 cm³/mol. The monoisotopic (exact) mass is 240 g/mol. The Hall–Kier alpha value is -1.55. The number of hydrogen-bond acceptors (Lipinski definition) is 1. The van der Waals surface area contributed by atoms with Crippen molar-refractivity contribution in [1.29, 1.82) is 0 Å². The number of carbonyl (C=O) groups excluding carboxylic acids is 1. The Kier molecular flexibility index (Phi) is 3.87. The van der Waals surface area contributed by atoms with Gasteiger partial charge in [-0.25, -0.2) is 0 Å². The third-order valence-electron chi connectivity index (χ3n) is 3.48. The molecule has 1 aromatic rings. The summed E-state index contributed by atoms with van der Waals surface area (Å²) in [5.41, 5.74) is 1.65. The highest BCUT2D eigenvalue weighted by molar-refractivity contribution is 6.04. The van der Waals surface area contributed by atoms with Crippen molar-refractivity contribution in [3.8, 4) is 11.8 Å². The zero-order valence-electron chi connectivity index (χ0n) is 11.3. The molecule has 0 aromatic heterocycles. The molecule has 0 heterocycles. The van der Waals surface area contributed by atoms with Gasteiger partial charge in [0.1, 0.15) is 0 Å². The zero-order chi connectivity index (χ0) is 13.0. The molecule has 0 spiro atoms. The molecule has 1 aliphatic carbocycles. The number of unbranched alkanes of at least 4 members (excludes halogenated alkanes) is 2. The van der Waals surface area contributed by atoms with E-state index in [1.54, 1.807) is 0 Å². The van der Waals surface area contributed by atoms with Gasteiger partial charge in [-0.1, -0.05) is 49.1 Å². The summed E-state index contributed by atoms with van der Waals surface area (Å²) in [6.45, 7) is 4.19. The van der Waals surface area contributed by atoms with Gasteiger partial charge >= 0.3 is 0 Å². The van der Waals surface area contributed by atoms with Crippen molar-refractivity contribution < 1.29 is 4.79 Å². The minimum Gasteiger partial charge on any atom is -0.292 e. The lowest BCUT2D eigenvalue weighted by Crippen LogP contribution is -2.13. The maximum atomic E-state index is 12.4. The van der Waals surface area contributed by atoms with Crippen molar-refractivity contribution in [3.63, 3.8) is 0 Å². The van der Waals surface area contributed by atoms with Crippen molar-refractivity contribution >= 4 is 5.78 Å². The number of rotatable bonds is 4. The molecular weight excluding hydrogens is 220 g/mol. The van der Waals surface area contributed by atoms with Crippen LogP contribution in [0, 0.1) is 24.2 Å². The van der Waals surface area contributed by atoms with E-state index in [2.05, 4.69) is 18.8 Å². The van der Waals surface area contributed by atoms with Crippen LogP contribution in [0.15, 0.2) is 24.3 Å². The molecule has 0 amide bonds. The van der Waals surface area contributed by atoms with Crippen molar-refractivity contribution in [1.82, 2.24) is 0 Å². The molecule has 2 rings (SSSR count). The summed E-state index contributed by atoms with van der Waals surface area (Å²) in [4.78, 5) is 12.4. The molecular formula is C17H20O. The molecule has 1 saturated carbocycles. The number of ketones is 1. The molecule has 1 aliphatic rings. The van der Waals surface area contributed by atoms with Crippen LogP contribution in [0.5, 0.6) is 0 Å². The topological polar surface area (TPSA) is 17.1 Å². The Morgan fingerprint density at radius 2 is 1.94 bits per heavy atom. The van der Waals surface area contributed by atoms with Crippen LogP contribution >= 0.6 is 0 Å². The molecule has 0 bridgehead atoms. The van der Waals surface area contributed by atoms with Crippen LogP contribution in [-0.4, -0.2) is 5.78 Å². The largest absolute Gasteiger partial charge is 0.292 e. The Balaban J connectivity index is 2.08. The van der Waals surface area contributed by atoms with E-state index in [1.807, 2.05) is 31.2 Å². The minimum atomic E-state index is -0.344. The molecule has 0 saturated heterocycles. The van der Waals surface area contributed by atoms with Crippen LogP contribution < -0.4 is 0 Å². The maximum Gasteiger partial charge on any atom is 0.180 e. The summed E-state index contributed by atoms with van der Waals surface area (Å²) in [6.07, 6.45) is 5.06. The standard InChI is InChI=1S/C17H20O/c1-3-4-5-6-11-17(12-13-17)16(18)15-9-7-14(2)8-10-15/h7-10H,3-5,12-13H2,1-2H3. The van der Waals surface area contributed by atoms with Gasteiger partial charge in [0.25, 0.3) is 0 Å². The fourth-order valence-corrected chi connectivity index (χ4v) is 2.01. The highest BCUT2D eigenvalue weighted by Gasteiger charge is 2.48. The lowest BCUT2D eigenvalue weighted by atomic mass is 9.94. The molecule has 0 atom stereocenters. The summed E-state index contributed by atoms with van der Waals surface area (Å²) in [5, 5.41) is 0.